The van der Waals surface area contributed by atoms with E-state index in [0.717, 1.165) is 28.7 Å². The van der Waals surface area contributed by atoms with Crippen molar-refractivity contribution >= 4 is 23.6 Å². The Balaban J connectivity index is 1.83. The van der Waals surface area contributed by atoms with Crippen molar-refractivity contribution in [2.75, 3.05) is 18.6 Å². The topological polar surface area (TPSA) is 87.7 Å². The number of carbonyl (C=O) groups excluding carboxylic acids is 2. The number of thioether (sulfide) groups is 1. The molecule has 6 nitrogen and oxygen atoms in total. The molecule has 1 amide bonds. The summed E-state index contributed by atoms with van der Waals surface area (Å²) in [6, 6.07) is 12.5. The van der Waals surface area contributed by atoms with E-state index in [-0.39, 0.29) is 11.7 Å². The minimum atomic E-state index is -1.27. The molecule has 1 saturated carbocycles. The van der Waals surface area contributed by atoms with Crippen molar-refractivity contribution in [1.29, 1.82) is 0 Å². The first-order valence-corrected chi connectivity index (χ1v) is 15.9. The van der Waals surface area contributed by atoms with E-state index in [0.29, 0.717) is 36.9 Å². The number of carbonyl (C=O) groups is 2. The lowest BCUT2D eigenvalue weighted by atomic mass is 9.85. The Morgan fingerprint density at radius 1 is 1.07 bits per heavy atom. The molecular weight excluding hydrogens is 522 g/mol. The summed E-state index contributed by atoms with van der Waals surface area (Å²) in [5.74, 6) is -0.416. The molecule has 0 bridgehead atoms. The molecule has 1 fully saturated rings. The Morgan fingerprint density at radius 3 is 2.45 bits per heavy atom. The van der Waals surface area contributed by atoms with Crippen LogP contribution in [-0.2, 0) is 20.9 Å². The zero-order chi connectivity index (χ0) is 29.1. The van der Waals surface area contributed by atoms with Gasteiger partial charge in [-0.15, -0.1) is 0 Å². The van der Waals surface area contributed by atoms with Gasteiger partial charge in [-0.05, 0) is 92.8 Å². The summed E-state index contributed by atoms with van der Waals surface area (Å²) in [5, 5.41) is 14.4. The van der Waals surface area contributed by atoms with E-state index in [1.54, 1.807) is 6.07 Å². The molecule has 1 aliphatic carbocycles. The van der Waals surface area contributed by atoms with Gasteiger partial charge in [0.05, 0.1) is 36.9 Å². The predicted octanol–water partition coefficient (Wildman–Crippen LogP) is 5.93. The van der Waals surface area contributed by atoms with Crippen LogP contribution in [0.4, 0.5) is 0 Å². The first-order valence-electron chi connectivity index (χ1n) is 14.5. The predicted molar refractivity (Wildman–Crippen MR) is 161 cm³/mol. The summed E-state index contributed by atoms with van der Waals surface area (Å²) in [6.45, 7) is 9.15. The Kier molecular flexibility index (Phi) is 12.5. The number of nitrogens with one attached hydrogen (secondary N) is 1. The molecule has 0 spiro atoms. The first kappa shape index (κ1) is 32.2. The Bertz CT molecular complexity index is 1110. The third-order valence-corrected chi connectivity index (χ3v) is 8.12. The smallest absolute Gasteiger partial charge is 0.252 e. The molecule has 2 aromatic carbocycles. The zero-order valence-corrected chi connectivity index (χ0v) is 25.6. The van der Waals surface area contributed by atoms with Crippen molar-refractivity contribution < 1.29 is 24.2 Å². The fourth-order valence-electron chi connectivity index (χ4n) is 5.23. The number of aliphatic carboxylic acids is 1. The van der Waals surface area contributed by atoms with Crippen LogP contribution >= 0.6 is 11.8 Å². The van der Waals surface area contributed by atoms with E-state index in [9.17, 15) is 14.7 Å². The highest BCUT2D eigenvalue weighted by atomic mass is 32.2. The Morgan fingerprint density at radius 2 is 1.80 bits per heavy atom. The minimum absolute atomic E-state index is 0.00697. The van der Waals surface area contributed by atoms with Crippen molar-refractivity contribution in [3.8, 4) is 11.1 Å². The van der Waals surface area contributed by atoms with Crippen molar-refractivity contribution in [3.05, 3.63) is 59.2 Å². The van der Waals surface area contributed by atoms with Crippen LogP contribution in [0.3, 0.4) is 0 Å². The van der Waals surface area contributed by atoms with Crippen LogP contribution in [0, 0.1) is 12.8 Å². The normalized spacial score (nSPS) is 15.9. The van der Waals surface area contributed by atoms with Crippen LogP contribution < -0.4 is 10.4 Å². The van der Waals surface area contributed by atoms with Crippen LogP contribution in [0.5, 0.6) is 0 Å². The summed E-state index contributed by atoms with van der Waals surface area (Å²) in [7, 11) is 0. The average Bonchev–Trinajstić information content (AvgIpc) is 2.92. The van der Waals surface area contributed by atoms with E-state index in [1.165, 1.54) is 43.9 Å². The fourth-order valence-corrected chi connectivity index (χ4v) is 5.71. The highest BCUT2D eigenvalue weighted by Crippen LogP contribution is 2.31. The molecule has 0 heterocycles. The summed E-state index contributed by atoms with van der Waals surface area (Å²) in [5.41, 5.74) is 3.87. The number of benzene rings is 2. The van der Waals surface area contributed by atoms with Crippen LogP contribution in [-0.4, -0.2) is 48.2 Å². The molecule has 40 heavy (non-hydrogen) atoms. The molecule has 1 N–H and O–H groups in total. The van der Waals surface area contributed by atoms with Gasteiger partial charge in [-0.2, -0.15) is 11.8 Å². The number of amides is 1. The van der Waals surface area contributed by atoms with Gasteiger partial charge in [-0.1, -0.05) is 62.4 Å². The lowest BCUT2D eigenvalue weighted by Gasteiger charge is -2.29. The van der Waals surface area contributed by atoms with Crippen LogP contribution in [0.2, 0.25) is 0 Å². The molecule has 3 rings (SSSR count). The highest BCUT2D eigenvalue weighted by molar-refractivity contribution is 7.98. The molecule has 7 heteroatoms. The van der Waals surface area contributed by atoms with Crippen molar-refractivity contribution in [2.45, 2.75) is 97.0 Å². The second-order valence-electron chi connectivity index (χ2n) is 11.9. The molecule has 0 saturated heterocycles. The molecular formula is C33H46NO5S-. The third-order valence-electron chi connectivity index (χ3n) is 7.47. The highest BCUT2D eigenvalue weighted by Gasteiger charge is 2.23. The summed E-state index contributed by atoms with van der Waals surface area (Å²) < 4.78 is 12.6. The number of rotatable bonds is 14. The van der Waals surface area contributed by atoms with Crippen LogP contribution in [0.1, 0.15) is 87.2 Å². The number of carboxylic acids is 1. The largest absolute Gasteiger partial charge is 0.548 e. The van der Waals surface area contributed by atoms with Gasteiger partial charge in [0.2, 0.25) is 0 Å². The maximum absolute atomic E-state index is 13.3. The van der Waals surface area contributed by atoms with Gasteiger partial charge in [0.15, 0.2) is 0 Å². The molecule has 1 aliphatic rings. The van der Waals surface area contributed by atoms with Crippen LogP contribution in [0.25, 0.3) is 11.1 Å². The molecule has 0 unspecified atom stereocenters. The molecule has 2 atom stereocenters. The molecule has 220 valence electrons. The second kappa shape index (κ2) is 15.6. The molecule has 2 aromatic rings. The Labute approximate surface area is 244 Å². The van der Waals surface area contributed by atoms with E-state index >= 15 is 0 Å². The van der Waals surface area contributed by atoms with E-state index in [2.05, 4.69) is 26.1 Å². The van der Waals surface area contributed by atoms with Gasteiger partial charge < -0.3 is 24.7 Å². The van der Waals surface area contributed by atoms with E-state index < -0.39 is 17.9 Å². The van der Waals surface area contributed by atoms with Gasteiger partial charge in [-0.3, -0.25) is 4.79 Å². The Hall–Kier alpha value is -2.35. The lowest BCUT2D eigenvalue weighted by molar-refractivity contribution is -0.308. The second-order valence-corrected chi connectivity index (χ2v) is 12.9. The number of ether oxygens (including phenoxy) is 2. The van der Waals surface area contributed by atoms with Gasteiger partial charge in [0.1, 0.15) is 0 Å². The van der Waals surface area contributed by atoms with E-state index in [4.69, 9.17) is 9.47 Å². The summed E-state index contributed by atoms with van der Waals surface area (Å²) in [6.07, 6.45) is 9.59. The van der Waals surface area contributed by atoms with Crippen molar-refractivity contribution in [1.82, 2.24) is 5.32 Å². The quantitative estimate of drug-likeness (QED) is 0.304. The maximum atomic E-state index is 13.3. The summed E-state index contributed by atoms with van der Waals surface area (Å²) >= 11 is 1.53. The van der Waals surface area contributed by atoms with Crippen molar-refractivity contribution in [3.63, 3.8) is 0 Å². The molecule has 0 radical (unpaired) electrons. The third kappa shape index (κ3) is 10.2. The molecule has 0 aliphatic heterocycles. The monoisotopic (exact) mass is 568 g/mol. The standard InChI is InChI=1S/C33H47NO5S/c1-23-11-9-10-14-27(23)29-20-25(15-16-28(29)31(35)34-30(32(36)37)17-18-40-5)21-38-26(22-39-33(2,3)4)19-24-12-7-6-8-13-24/h9-11,14-16,20,24,26,30H,6-8,12-13,17-19,21-22H2,1-5H3,(H,34,35)(H,36,37)/p-1/t26-,30-/m0/s1. The zero-order valence-electron chi connectivity index (χ0n) is 24.8. The number of hydrogen-bond donors (Lipinski definition) is 1. The lowest BCUT2D eigenvalue weighted by Crippen LogP contribution is -2.48. The number of aryl methyl sites for hydroxylation is 1. The number of hydrogen-bond acceptors (Lipinski definition) is 6. The van der Waals surface area contributed by atoms with E-state index in [1.807, 2.05) is 49.6 Å². The fraction of sp³-hybridized carbons (Fsp3) is 0.576. The van der Waals surface area contributed by atoms with Crippen molar-refractivity contribution in [2.24, 2.45) is 5.92 Å². The van der Waals surface area contributed by atoms with Crippen LogP contribution in [0.15, 0.2) is 42.5 Å². The first-order chi connectivity index (χ1) is 19.1. The maximum Gasteiger partial charge on any atom is 0.252 e. The number of carboxylic acid groups (broad SMARTS) is 1. The van der Waals surface area contributed by atoms with Gasteiger partial charge >= 0.3 is 0 Å². The van der Waals surface area contributed by atoms with Gasteiger partial charge in [0, 0.05) is 5.56 Å². The van der Waals surface area contributed by atoms with Gasteiger partial charge in [0.25, 0.3) is 5.91 Å². The summed E-state index contributed by atoms with van der Waals surface area (Å²) in [4.78, 5) is 25.0. The minimum Gasteiger partial charge on any atom is -0.548 e. The SMILES string of the molecule is CSCC[C@H](NC(=O)c1ccc(CO[C@H](COC(C)(C)C)CC2CCCCC2)cc1-c1ccccc1C)C(=O)[O-]. The average molecular weight is 569 g/mol. The molecule has 0 aromatic heterocycles. The van der Waals surface area contributed by atoms with Gasteiger partial charge in [-0.25, -0.2) is 0 Å².